The fourth-order valence-corrected chi connectivity index (χ4v) is 4.41. The normalized spacial score (nSPS) is 21.7. The lowest BCUT2D eigenvalue weighted by Crippen LogP contribution is -2.33. The summed E-state index contributed by atoms with van der Waals surface area (Å²) in [4.78, 5) is 2.73. The first-order chi connectivity index (χ1) is 8.79. The topological polar surface area (TPSA) is 37.4 Å². The van der Waals surface area contributed by atoms with Gasteiger partial charge in [0, 0.05) is 13.1 Å². The van der Waals surface area contributed by atoms with Crippen LogP contribution in [0.1, 0.15) is 27.2 Å². The van der Waals surface area contributed by atoms with E-state index < -0.39 is 9.84 Å². The van der Waals surface area contributed by atoms with Crippen molar-refractivity contribution in [1.29, 1.82) is 0 Å². The Balaban J connectivity index is 2.09. The minimum atomic E-state index is -3.17. The van der Waals surface area contributed by atoms with Gasteiger partial charge in [-0.3, -0.25) is 0 Å². The van der Waals surface area contributed by atoms with E-state index in [1.54, 1.807) is 24.3 Å². The molecular weight excluding hydrogens is 258 g/mol. The van der Waals surface area contributed by atoms with Gasteiger partial charge in [-0.2, -0.15) is 0 Å². The summed E-state index contributed by atoms with van der Waals surface area (Å²) in [7, 11) is -3.17. The fraction of sp³-hybridized carbons (Fsp3) is 0.600. The van der Waals surface area contributed by atoms with E-state index >= 15 is 0 Å². The molecule has 0 radical (unpaired) electrons. The Hall–Kier alpha value is -0.870. The summed E-state index contributed by atoms with van der Waals surface area (Å²) < 4.78 is 25.0. The van der Waals surface area contributed by atoms with Gasteiger partial charge >= 0.3 is 0 Å². The van der Waals surface area contributed by atoms with Crippen molar-refractivity contribution < 1.29 is 8.42 Å². The van der Waals surface area contributed by atoms with Crippen LogP contribution < -0.4 is 0 Å². The van der Waals surface area contributed by atoms with Gasteiger partial charge in [0.25, 0.3) is 0 Å². The Morgan fingerprint density at radius 3 is 2.42 bits per heavy atom. The van der Waals surface area contributed by atoms with Crippen molar-refractivity contribution in [1.82, 2.24) is 4.90 Å². The first-order valence-electron chi connectivity index (χ1n) is 6.80. The standard InChI is InChI=1S/C15H23NO2S/c1-15(2,3)12-16-10-9-14(11-16)19(17,18)13-7-5-4-6-8-13/h4-8,14H,9-12H2,1-3H3/t14-/m0/s1. The first-order valence-corrected chi connectivity index (χ1v) is 8.35. The lowest BCUT2D eigenvalue weighted by molar-refractivity contribution is 0.227. The highest BCUT2D eigenvalue weighted by Crippen LogP contribution is 2.26. The summed E-state index contributed by atoms with van der Waals surface area (Å²) in [6, 6.07) is 8.81. The molecule has 0 unspecified atom stereocenters. The summed E-state index contributed by atoms with van der Waals surface area (Å²) >= 11 is 0. The van der Waals surface area contributed by atoms with Crippen molar-refractivity contribution in [2.45, 2.75) is 37.3 Å². The van der Waals surface area contributed by atoms with E-state index in [1.165, 1.54) is 0 Å². The minimum absolute atomic E-state index is 0.214. The van der Waals surface area contributed by atoms with Gasteiger partial charge in [0.2, 0.25) is 0 Å². The molecule has 106 valence electrons. The van der Waals surface area contributed by atoms with Gasteiger partial charge in [-0.15, -0.1) is 0 Å². The molecule has 0 aromatic heterocycles. The quantitative estimate of drug-likeness (QED) is 0.854. The van der Waals surface area contributed by atoms with Crippen LogP contribution in [0.5, 0.6) is 0 Å². The van der Waals surface area contributed by atoms with Crippen LogP contribution in [0.2, 0.25) is 0 Å². The maximum absolute atomic E-state index is 12.5. The Kier molecular flexibility index (Phi) is 4.02. The van der Waals surface area contributed by atoms with Crippen LogP contribution in [0.15, 0.2) is 35.2 Å². The predicted molar refractivity (Wildman–Crippen MR) is 77.9 cm³/mol. The van der Waals surface area contributed by atoms with E-state index in [9.17, 15) is 8.42 Å². The lowest BCUT2D eigenvalue weighted by atomic mass is 9.96. The molecule has 1 heterocycles. The number of hydrogen-bond donors (Lipinski definition) is 0. The third-order valence-corrected chi connectivity index (χ3v) is 5.63. The summed E-state index contributed by atoms with van der Waals surface area (Å²) in [5, 5.41) is -0.253. The van der Waals surface area contributed by atoms with Crippen molar-refractivity contribution in [3.63, 3.8) is 0 Å². The maximum atomic E-state index is 12.5. The highest BCUT2D eigenvalue weighted by molar-refractivity contribution is 7.92. The molecule has 0 bridgehead atoms. The van der Waals surface area contributed by atoms with Crippen LogP contribution in [0, 0.1) is 5.41 Å². The molecule has 1 saturated heterocycles. The molecule has 2 rings (SSSR count). The van der Waals surface area contributed by atoms with E-state index in [4.69, 9.17) is 0 Å². The Bertz CT molecular complexity index is 517. The van der Waals surface area contributed by atoms with Crippen LogP contribution in [-0.2, 0) is 9.84 Å². The van der Waals surface area contributed by atoms with Crippen molar-refractivity contribution in [3.8, 4) is 0 Å². The molecule has 1 aromatic carbocycles. The molecule has 1 aliphatic heterocycles. The van der Waals surface area contributed by atoms with Crippen molar-refractivity contribution in [2.75, 3.05) is 19.6 Å². The van der Waals surface area contributed by atoms with E-state index in [1.807, 2.05) is 6.07 Å². The second-order valence-electron chi connectivity index (χ2n) is 6.56. The van der Waals surface area contributed by atoms with Gasteiger partial charge < -0.3 is 4.90 Å². The van der Waals surface area contributed by atoms with E-state index in [-0.39, 0.29) is 10.7 Å². The molecule has 0 spiro atoms. The van der Waals surface area contributed by atoms with Crippen molar-refractivity contribution in [2.24, 2.45) is 5.41 Å². The minimum Gasteiger partial charge on any atom is -0.301 e. The summed E-state index contributed by atoms with van der Waals surface area (Å²) in [6.07, 6.45) is 0.743. The van der Waals surface area contributed by atoms with Gasteiger partial charge in [-0.1, -0.05) is 39.0 Å². The summed E-state index contributed by atoms with van der Waals surface area (Å²) in [5.41, 5.74) is 0.214. The van der Waals surface area contributed by atoms with Crippen LogP contribution in [-0.4, -0.2) is 38.2 Å². The fourth-order valence-electron chi connectivity index (χ4n) is 2.67. The maximum Gasteiger partial charge on any atom is 0.182 e. The molecular formula is C15H23NO2S. The number of benzene rings is 1. The SMILES string of the molecule is CC(C)(C)CN1CC[C@H](S(=O)(=O)c2ccccc2)C1. The van der Waals surface area contributed by atoms with Crippen LogP contribution in [0.4, 0.5) is 0 Å². The number of sulfone groups is 1. The number of nitrogens with zero attached hydrogens (tertiary/aromatic N) is 1. The Morgan fingerprint density at radius 1 is 1.21 bits per heavy atom. The van der Waals surface area contributed by atoms with Crippen LogP contribution >= 0.6 is 0 Å². The molecule has 19 heavy (non-hydrogen) atoms. The van der Waals surface area contributed by atoms with Crippen LogP contribution in [0.3, 0.4) is 0 Å². The number of likely N-dealkylation sites (tertiary alicyclic amines) is 1. The average Bonchev–Trinajstić information content (AvgIpc) is 2.77. The molecule has 3 nitrogen and oxygen atoms in total. The van der Waals surface area contributed by atoms with Gasteiger partial charge in [0.15, 0.2) is 9.84 Å². The molecule has 1 atom stereocenters. The zero-order valence-corrected chi connectivity index (χ0v) is 12.8. The lowest BCUT2D eigenvalue weighted by Gasteiger charge is -2.26. The van der Waals surface area contributed by atoms with E-state index in [2.05, 4.69) is 25.7 Å². The van der Waals surface area contributed by atoms with Gasteiger partial charge in [0.1, 0.15) is 0 Å². The molecule has 0 aliphatic carbocycles. The third-order valence-electron chi connectivity index (χ3n) is 3.44. The van der Waals surface area contributed by atoms with E-state index in [0.29, 0.717) is 11.4 Å². The first kappa shape index (κ1) is 14.5. The zero-order chi connectivity index (χ0) is 14.1. The summed E-state index contributed by atoms with van der Waals surface area (Å²) in [5.74, 6) is 0. The Morgan fingerprint density at radius 2 is 1.84 bits per heavy atom. The predicted octanol–water partition coefficient (Wildman–Crippen LogP) is 2.58. The third kappa shape index (κ3) is 3.57. The van der Waals surface area contributed by atoms with Gasteiger partial charge in [0.05, 0.1) is 10.1 Å². The molecule has 4 heteroatoms. The number of hydrogen-bond acceptors (Lipinski definition) is 3. The largest absolute Gasteiger partial charge is 0.301 e. The smallest absolute Gasteiger partial charge is 0.182 e. The molecule has 0 amide bonds. The van der Waals surface area contributed by atoms with Crippen molar-refractivity contribution >= 4 is 9.84 Å². The highest BCUT2D eigenvalue weighted by Gasteiger charge is 2.35. The van der Waals surface area contributed by atoms with Crippen LogP contribution in [0.25, 0.3) is 0 Å². The zero-order valence-electron chi connectivity index (χ0n) is 12.0. The molecule has 1 fully saturated rings. The Labute approximate surface area is 116 Å². The molecule has 1 aromatic rings. The van der Waals surface area contributed by atoms with Crippen molar-refractivity contribution in [3.05, 3.63) is 30.3 Å². The molecule has 0 saturated carbocycles. The molecule has 0 N–H and O–H groups in total. The van der Waals surface area contributed by atoms with Gasteiger partial charge in [-0.05, 0) is 30.5 Å². The second-order valence-corrected chi connectivity index (χ2v) is 8.79. The second kappa shape index (κ2) is 5.25. The van der Waals surface area contributed by atoms with Gasteiger partial charge in [-0.25, -0.2) is 8.42 Å². The number of rotatable bonds is 3. The summed E-state index contributed by atoms with van der Waals surface area (Å²) in [6.45, 7) is 9.06. The average molecular weight is 281 g/mol. The highest BCUT2D eigenvalue weighted by atomic mass is 32.2. The monoisotopic (exact) mass is 281 g/mol. The molecule has 1 aliphatic rings. The van der Waals surface area contributed by atoms with E-state index in [0.717, 1.165) is 19.5 Å².